The summed E-state index contributed by atoms with van der Waals surface area (Å²) in [5.41, 5.74) is 5.76. The molecule has 1 aliphatic rings. The van der Waals surface area contributed by atoms with Crippen LogP contribution < -0.4 is 5.73 Å². The zero-order chi connectivity index (χ0) is 14.2. The molecule has 1 aromatic rings. The van der Waals surface area contributed by atoms with Crippen LogP contribution in [0.5, 0.6) is 0 Å². The van der Waals surface area contributed by atoms with Gasteiger partial charge in [-0.15, -0.1) is 0 Å². The molecule has 0 saturated carbocycles. The molecule has 0 aliphatic carbocycles. The Morgan fingerprint density at radius 3 is 2.84 bits per heavy atom. The van der Waals surface area contributed by atoms with Crippen LogP contribution in [0.1, 0.15) is 12.8 Å². The fraction of sp³-hybridized carbons (Fsp3) is 0.455. The number of nitrogen functional groups attached to an aromatic ring is 1. The van der Waals surface area contributed by atoms with E-state index in [1.807, 2.05) is 0 Å². The predicted octanol–water partition coefficient (Wildman–Crippen LogP) is 1.32. The number of nitrogens with two attached hydrogens (primary N) is 1. The summed E-state index contributed by atoms with van der Waals surface area (Å²) in [6.45, 7) is 0.00975. The van der Waals surface area contributed by atoms with Gasteiger partial charge in [0.15, 0.2) is 0 Å². The van der Waals surface area contributed by atoms with Crippen molar-refractivity contribution in [3.05, 3.63) is 22.4 Å². The third-order valence-electron chi connectivity index (χ3n) is 3.17. The first-order chi connectivity index (χ1) is 8.87. The van der Waals surface area contributed by atoms with Crippen LogP contribution in [0, 0.1) is 5.82 Å². The van der Waals surface area contributed by atoms with Gasteiger partial charge in [0, 0.05) is 22.7 Å². The Kier molecular flexibility index (Phi) is 4.14. The van der Waals surface area contributed by atoms with Crippen LogP contribution in [0.15, 0.2) is 21.5 Å². The normalized spacial score (nSPS) is 20.9. The number of nitrogens with zero attached hydrogens (tertiary/aromatic N) is 1. The monoisotopic (exact) mass is 352 g/mol. The molecule has 0 amide bonds. The Labute approximate surface area is 119 Å². The van der Waals surface area contributed by atoms with Gasteiger partial charge in [-0.2, -0.15) is 4.31 Å². The number of anilines is 1. The number of benzene rings is 1. The summed E-state index contributed by atoms with van der Waals surface area (Å²) in [6.07, 6.45) is 1.22. The smallest absolute Gasteiger partial charge is 0.246 e. The average Bonchev–Trinajstić information content (AvgIpc) is 2.82. The highest BCUT2D eigenvalue weighted by atomic mass is 79.9. The van der Waals surface area contributed by atoms with Crippen molar-refractivity contribution < 1.29 is 17.9 Å². The van der Waals surface area contributed by atoms with Gasteiger partial charge in [0.25, 0.3) is 0 Å². The molecule has 1 atom stereocenters. The quantitative estimate of drug-likeness (QED) is 0.803. The lowest BCUT2D eigenvalue weighted by atomic mass is 10.2. The molecule has 0 radical (unpaired) electrons. The standard InChI is InChI=1S/C11H14BrFN2O3S/c12-8-4-9(13)11(5-10(8)14)19(17,18)15-3-1-2-7(15)6-16/h4-5,7,16H,1-3,6,14H2. The van der Waals surface area contributed by atoms with E-state index in [0.29, 0.717) is 17.3 Å². The molecule has 1 heterocycles. The minimum Gasteiger partial charge on any atom is -0.398 e. The van der Waals surface area contributed by atoms with Crippen molar-refractivity contribution in [2.45, 2.75) is 23.8 Å². The van der Waals surface area contributed by atoms with E-state index in [1.54, 1.807) is 0 Å². The maximum absolute atomic E-state index is 13.9. The van der Waals surface area contributed by atoms with Crippen molar-refractivity contribution in [3.8, 4) is 0 Å². The van der Waals surface area contributed by atoms with Gasteiger partial charge in [-0.1, -0.05) is 0 Å². The molecule has 5 nitrogen and oxygen atoms in total. The van der Waals surface area contributed by atoms with E-state index in [-0.39, 0.29) is 18.8 Å². The number of halogens is 2. The molecule has 1 saturated heterocycles. The second kappa shape index (κ2) is 5.35. The van der Waals surface area contributed by atoms with Crippen molar-refractivity contribution in [1.82, 2.24) is 4.31 Å². The Morgan fingerprint density at radius 2 is 2.21 bits per heavy atom. The summed E-state index contributed by atoms with van der Waals surface area (Å²) in [6, 6.07) is 1.64. The number of sulfonamides is 1. The maximum Gasteiger partial charge on any atom is 0.246 e. The first-order valence-electron chi connectivity index (χ1n) is 5.75. The van der Waals surface area contributed by atoms with Crippen molar-refractivity contribution in [1.29, 1.82) is 0 Å². The molecule has 1 fully saturated rings. The molecular weight excluding hydrogens is 339 g/mol. The van der Waals surface area contributed by atoms with Gasteiger partial charge in [-0.05, 0) is 40.9 Å². The number of aliphatic hydroxyl groups excluding tert-OH is 1. The minimum absolute atomic E-state index is 0.153. The predicted molar refractivity (Wildman–Crippen MR) is 72.5 cm³/mol. The lowest BCUT2D eigenvalue weighted by Crippen LogP contribution is -2.38. The molecular formula is C11H14BrFN2O3S. The summed E-state index contributed by atoms with van der Waals surface area (Å²) >= 11 is 3.04. The summed E-state index contributed by atoms with van der Waals surface area (Å²) in [4.78, 5) is -0.450. The van der Waals surface area contributed by atoms with E-state index >= 15 is 0 Å². The van der Waals surface area contributed by atoms with E-state index < -0.39 is 26.8 Å². The largest absolute Gasteiger partial charge is 0.398 e. The molecule has 1 aromatic carbocycles. The SMILES string of the molecule is Nc1cc(S(=O)(=O)N2CCCC2CO)c(F)cc1Br. The van der Waals surface area contributed by atoms with Crippen molar-refractivity contribution in [3.63, 3.8) is 0 Å². The van der Waals surface area contributed by atoms with E-state index in [2.05, 4.69) is 15.9 Å². The molecule has 1 unspecified atom stereocenters. The molecule has 0 spiro atoms. The van der Waals surface area contributed by atoms with Crippen LogP contribution in [0.3, 0.4) is 0 Å². The lowest BCUT2D eigenvalue weighted by Gasteiger charge is -2.22. The van der Waals surface area contributed by atoms with Crippen LogP contribution in [0.4, 0.5) is 10.1 Å². The highest BCUT2D eigenvalue weighted by molar-refractivity contribution is 9.10. The summed E-state index contributed by atoms with van der Waals surface area (Å²) in [5.74, 6) is -0.857. The van der Waals surface area contributed by atoms with Gasteiger partial charge in [0.05, 0.1) is 6.61 Å². The average molecular weight is 353 g/mol. The van der Waals surface area contributed by atoms with Gasteiger partial charge in [0.2, 0.25) is 10.0 Å². The van der Waals surface area contributed by atoms with Crippen LogP contribution in [0.25, 0.3) is 0 Å². The second-order valence-corrected chi connectivity index (χ2v) is 7.11. The first kappa shape index (κ1) is 14.7. The minimum atomic E-state index is -3.97. The number of hydrogen-bond donors (Lipinski definition) is 2. The fourth-order valence-electron chi connectivity index (χ4n) is 2.18. The topological polar surface area (TPSA) is 83.6 Å². The third-order valence-corrected chi connectivity index (χ3v) is 5.83. The summed E-state index contributed by atoms with van der Waals surface area (Å²) < 4.78 is 40.1. The van der Waals surface area contributed by atoms with Crippen LogP contribution in [0.2, 0.25) is 0 Å². The van der Waals surface area contributed by atoms with Crippen molar-refractivity contribution in [2.75, 3.05) is 18.9 Å². The molecule has 8 heteroatoms. The molecule has 0 aromatic heterocycles. The van der Waals surface area contributed by atoms with Crippen LogP contribution >= 0.6 is 15.9 Å². The molecule has 2 rings (SSSR count). The highest BCUT2D eigenvalue weighted by Crippen LogP contribution is 2.31. The Morgan fingerprint density at radius 1 is 1.53 bits per heavy atom. The molecule has 3 N–H and O–H groups in total. The van der Waals surface area contributed by atoms with Gasteiger partial charge in [-0.25, -0.2) is 12.8 Å². The summed E-state index contributed by atoms with van der Waals surface area (Å²) in [5, 5.41) is 9.18. The third kappa shape index (κ3) is 2.62. The first-order valence-corrected chi connectivity index (χ1v) is 7.98. The maximum atomic E-state index is 13.9. The molecule has 106 valence electrons. The van der Waals surface area contributed by atoms with E-state index in [9.17, 15) is 17.9 Å². The van der Waals surface area contributed by atoms with Crippen LogP contribution in [-0.4, -0.2) is 37.0 Å². The number of hydrogen-bond acceptors (Lipinski definition) is 4. The van der Waals surface area contributed by atoms with Gasteiger partial charge < -0.3 is 10.8 Å². The lowest BCUT2D eigenvalue weighted by molar-refractivity contribution is 0.213. The summed E-state index contributed by atoms with van der Waals surface area (Å²) in [7, 11) is -3.97. The Balaban J connectivity index is 2.48. The van der Waals surface area contributed by atoms with Gasteiger partial charge in [0.1, 0.15) is 10.7 Å². The zero-order valence-corrected chi connectivity index (χ0v) is 12.4. The number of rotatable bonds is 3. The Bertz CT molecular complexity index is 594. The van der Waals surface area contributed by atoms with E-state index in [4.69, 9.17) is 5.73 Å². The second-order valence-electron chi connectivity index (χ2n) is 4.40. The molecule has 0 bridgehead atoms. The van der Waals surface area contributed by atoms with Crippen molar-refractivity contribution >= 4 is 31.6 Å². The van der Waals surface area contributed by atoms with Gasteiger partial charge in [-0.3, -0.25) is 0 Å². The zero-order valence-electron chi connectivity index (χ0n) is 10.0. The van der Waals surface area contributed by atoms with Gasteiger partial charge >= 0.3 is 0 Å². The van der Waals surface area contributed by atoms with Crippen molar-refractivity contribution in [2.24, 2.45) is 0 Å². The Hall–Kier alpha value is -0.700. The highest BCUT2D eigenvalue weighted by Gasteiger charge is 2.36. The number of aliphatic hydroxyl groups is 1. The molecule has 19 heavy (non-hydrogen) atoms. The van der Waals surface area contributed by atoms with Crippen LogP contribution in [-0.2, 0) is 10.0 Å². The fourth-order valence-corrected chi connectivity index (χ4v) is 4.26. The molecule has 1 aliphatic heterocycles. The van der Waals surface area contributed by atoms with E-state index in [0.717, 1.165) is 16.4 Å². The van der Waals surface area contributed by atoms with E-state index in [1.165, 1.54) is 0 Å².